The van der Waals surface area contributed by atoms with Gasteiger partial charge in [0.2, 0.25) is 5.96 Å². The van der Waals surface area contributed by atoms with Crippen LogP contribution in [0.1, 0.15) is 50.7 Å². The van der Waals surface area contributed by atoms with Gasteiger partial charge in [-0.2, -0.15) is 4.99 Å². The number of halogens is 2. The monoisotopic (exact) mass is 492 g/mol. The molecule has 0 spiro atoms. The molecule has 4 rings (SSSR count). The highest BCUT2D eigenvalue weighted by Crippen LogP contribution is 2.33. The summed E-state index contributed by atoms with van der Waals surface area (Å²) in [5, 5.41) is 0. The summed E-state index contributed by atoms with van der Waals surface area (Å²) >= 11 is 0. The average molecular weight is 493 g/mol. The maximum atomic E-state index is 14.0. The standard InChI is InChI=1S/C24H38F2N8O/c1-24(2)7-5-6-8-34(24)23-30-21(18-16-28-19(27)15-17(18)20(25)26)29-22(31(23)3)33-11-9-32(10-12-33)13-14-35-4/h15-16,20,23H,5-14H2,1-4H3,(H2,27,28). The van der Waals surface area contributed by atoms with Crippen molar-refractivity contribution in [2.24, 2.45) is 9.98 Å². The SMILES string of the molecule is COCCN1CCN(C2=NC(c3cnc(N)cc3C(F)F)=NC(N3CCCCC3(C)C)N2C)CC1. The highest BCUT2D eigenvalue weighted by atomic mass is 19.3. The first-order chi connectivity index (χ1) is 16.7. The lowest BCUT2D eigenvalue weighted by molar-refractivity contribution is -0.0133. The van der Waals surface area contributed by atoms with Crippen LogP contribution in [-0.4, -0.2) is 108 Å². The summed E-state index contributed by atoms with van der Waals surface area (Å²) in [7, 11) is 3.71. The van der Waals surface area contributed by atoms with Crippen LogP contribution in [0.2, 0.25) is 0 Å². The van der Waals surface area contributed by atoms with Crippen LogP contribution in [0.5, 0.6) is 0 Å². The second kappa shape index (κ2) is 10.7. The number of amidine groups is 1. The normalized spacial score (nSPS) is 24.0. The molecule has 0 bridgehead atoms. The first kappa shape index (κ1) is 25.7. The molecule has 3 aliphatic rings. The van der Waals surface area contributed by atoms with Gasteiger partial charge in [0.15, 0.2) is 12.1 Å². The minimum absolute atomic E-state index is 0.0580. The van der Waals surface area contributed by atoms with E-state index in [2.05, 4.69) is 38.4 Å². The van der Waals surface area contributed by atoms with Crippen LogP contribution in [0, 0.1) is 0 Å². The predicted octanol–water partition coefficient (Wildman–Crippen LogP) is 2.46. The molecule has 0 aromatic carbocycles. The Morgan fingerprint density at radius 1 is 1.17 bits per heavy atom. The summed E-state index contributed by atoms with van der Waals surface area (Å²) in [6.07, 6.45) is 1.63. The molecule has 1 atom stereocenters. The van der Waals surface area contributed by atoms with Crippen LogP contribution in [0.4, 0.5) is 14.6 Å². The molecule has 0 saturated carbocycles. The Labute approximate surface area is 206 Å². The number of nitrogens with zero attached hydrogens (tertiary/aromatic N) is 7. The summed E-state index contributed by atoms with van der Waals surface area (Å²) in [6.45, 7) is 10.3. The number of pyridine rings is 1. The van der Waals surface area contributed by atoms with Crippen molar-refractivity contribution in [1.29, 1.82) is 0 Å². The van der Waals surface area contributed by atoms with Gasteiger partial charge in [-0.3, -0.25) is 9.80 Å². The van der Waals surface area contributed by atoms with E-state index >= 15 is 0 Å². The predicted molar refractivity (Wildman–Crippen MR) is 134 cm³/mol. The Hall–Kier alpha value is -2.37. The highest BCUT2D eigenvalue weighted by molar-refractivity contribution is 6.08. The lowest BCUT2D eigenvalue weighted by Gasteiger charge is -2.50. The van der Waals surface area contributed by atoms with Crippen molar-refractivity contribution in [3.05, 3.63) is 23.4 Å². The molecule has 1 unspecified atom stereocenters. The second-order valence-electron chi connectivity index (χ2n) is 10.1. The lowest BCUT2D eigenvalue weighted by Crippen LogP contribution is -2.63. The molecule has 2 fully saturated rings. The molecule has 194 valence electrons. The first-order valence-corrected chi connectivity index (χ1v) is 12.4. The number of piperazine rings is 1. The Morgan fingerprint density at radius 2 is 1.91 bits per heavy atom. The second-order valence-corrected chi connectivity index (χ2v) is 10.1. The summed E-state index contributed by atoms with van der Waals surface area (Å²) in [6, 6.07) is 1.23. The number of guanidine groups is 1. The van der Waals surface area contributed by atoms with Crippen LogP contribution in [0.15, 0.2) is 22.2 Å². The Balaban J connectivity index is 1.70. The number of likely N-dealkylation sites (tertiary alicyclic amines) is 1. The molecular formula is C24H38F2N8O. The number of nitrogens with two attached hydrogens (primary N) is 1. The van der Waals surface area contributed by atoms with Gasteiger partial charge < -0.3 is 20.3 Å². The quantitative estimate of drug-likeness (QED) is 0.653. The molecule has 0 aliphatic carbocycles. The molecule has 1 aromatic rings. The molecule has 0 amide bonds. The van der Waals surface area contributed by atoms with Crippen LogP contribution >= 0.6 is 0 Å². The van der Waals surface area contributed by atoms with E-state index in [0.29, 0.717) is 6.61 Å². The van der Waals surface area contributed by atoms with E-state index in [9.17, 15) is 8.78 Å². The number of hydrogen-bond donors (Lipinski definition) is 1. The number of ether oxygens (including phenoxy) is 1. The summed E-state index contributed by atoms with van der Waals surface area (Å²) in [4.78, 5) is 22.9. The zero-order valence-electron chi connectivity index (χ0n) is 21.3. The minimum Gasteiger partial charge on any atom is -0.384 e. The highest BCUT2D eigenvalue weighted by Gasteiger charge is 2.41. The van der Waals surface area contributed by atoms with Gasteiger partial charge in [0.25, 0.3) is 6.43 Å². The van der Waals surface area contributed by atoms with Gasteiger partial charge in [-0.15, -0.1) is 0 Å². The fraction of sp³-hybridized carbons (Fsp3) is 0.708. The number of methoxy groups -OCH3 is 1. The number of nitrogen functional groups attached to an aromatic ring is 1. The van der Waals surface area contributed by atoms with Crippen molar-refractivity contribution in [2.75, 3.05) is 65.8 Å². The number of rotatable bonds is 6. The molecule has 35 heavy (non-hydrogen) atoms. The summed E-state index contributed by atoms with van der Waals surface area (Å²) < 4.78 is 33.2. The van der Waals surface area contributed by atoms with Gasteiger partial charge in [0.05, 0.1) is 6.61 Å². The molecule has 2 saturated heterocycles. The smallest absolute Gasteiger partial charge is 0.264 e. The van der Waals surface area contributed by atoms with E-state index in [1.807, 2.05) is 7.05 Å². The fourth-order valence-corrected chi connectivity index (χ4v) is 5.17. The number of anilines is 1. The van der Waals surface area contributed by atoms with Crippen molar-refractivity contribution in [3.8, 4) is 0 Å². The molecule has 0 radical (unpaired) electrons. The zero-order chi connectivity index (χ0) is 25.2. The first-order valence-electron chi connectivity index (χ1n) is 12.4. The van der Waals surface area contributed by atoms with E-state index < -0.39 is 6.43 Å². The van der Waals surface area contributed by atoms with Crippen molar-refractivity contribution >= 4 is 17.6 Å². The Morgan fingerprint density at radius 3 is 2.57 bits per heavy atom. The Bertz CT molecular complexity index is 945. The van der Waals surface area contributed by atoms with Crippen molar-refractivity contribution in [2.45, 2.75) is 51.4 Å². The topological polar surface area (TPSA) is 85.8 Å². The van der Waals surface area contributed by atoms with E-state index in [0.717, 1.165) is 64.5 Å². The fourth-order valence-electron chi connectivity index (χ4n) is 5.17. The van der Waals surface area contributed by atoms with E-state index in [4.69, 9.17) is 20.5 Å². The number of piperidine rings is 1. The van der Waals surface area contributed by atoms with Gasteiger partial charge in [0.1, 0.15) is 5.82 Å². The van der Waals surface area contributed by atoms with Crippen molar-refractivity contribution < 1.29 is 13.5 Å². The van der Waals surface area contributed by atoms with E-state index in [1.54, 1.807) is 7.11 Å². The van der Waals surface area contributed by atoms with Gasteiger partial charge in [0, 0.05) is 76.3 Å². The maximum absolute atomic E-state index is 14.0. The van der Waals surface area contributed by atoms with Crippen LogP contribution in [-0.2, 0) is 4.74 Å². The summed E-state index contributed by atoms with van der Waals surface area (Å²) in [5.74, 6) is 1.10. The lowest BCUT2D eigenvalue weighted by atomic mass is 9.90. The van der Waals surface area contributed by atoms with Gasteiger partial charge in [-0.1, -0.05) is 6.42 Å². The van der Waals surface area contributed by atoms with E-state index in [1.165, 1.54) is 12.3 Å². The Kier molecular flexibility index (Phi) is 7.87. The van der Waals surface area contributed by atoms with E-state index in [-0.39, 0.29) is 34.6 Å². The third-order valence-electron chi connectivity index (χ3n) is 7.30. The zero-order valence-corrected chi connectivity index (χ0v) is 21.3. The van der Waals surface area contributed by atoms with Crippen molar-refractivity contribution in [1.82, 2.24) is 24.6 Å². The molecule has 11 heteroatoms. The number of aromatic nitrogens is 1. The van der Waals surface area contributed by atoms with Crippen LogP contribution in [0.3, 0.4) is 0 Å². The van der Waals surface area contributed by atoms with Crippen molar-refractivity contribution in [3.63, 3.8) is 0 Å². The molecule has 1 aromatic heterocycles. The van der Waals surface area contributed by atoms with Gasteiger partial charge >= 0.3 is 0 Å². The molecule has 2 N–H and O–H groups in total. The largest absolute Gasteiger partial charge is 0.384 e. The summed E-state index contributed by atoms with van der Waals surface area (Å²) in [5.41, 5.74) is 5.70. The molecular weight excluding hydrogens is 454 g/mol. The average Bonchev–Trinajstić information content (AvgIpc) is 2.83. The number of hydrogen-bond acceptors (Lipinski definition) is 9. The molecule has 4 heterocycles. The molecule has 3 aliphatic heterocycles. The van der Waals surface area contributed by atoms with Crippen LogP contribution < -0.4 is 5.73 Å². The third kappa shape index (κ3) is 5.57. The van der Waals surface area contributed by atoms with Gasteiger partial charge in [-0.25, -0.2) is 18.8 Å². The maximum Gasteiger partial charge on any atom is 0.264 e. The van der Waals surface area contributed by atoms with Crippen LogP contribution in [0.25, 0.3) is 0 Å². The molecule has 9 nitrogen and oxygen atoms in total. The number of aliphatic imine (C=N–C) groups is 2. The van der Waals surface area contributed by atoms with Gasteiger partial charge in [-0.05, 0) is 32.8 Å². The third-order valence-corrected chi connectivity index (χ3v) is 7.30. The number of alkyl halides is 2. The minimum atomic E-state index is -2.70.